The van der Waals surface area contributed by atoms with Crippen LogP contribution < -0.4 is 5.32 Å². The van der Waals surface area contributed by atoms with E-state index >= 15 is 0 Å². The number of hydrogen-bond acceptors (Lipinski definition) is 2. The first-order valence-corrected chi connectivity index (χ1v) is 6.74. The second-order valence-electron chi connectivity index (χ2n) is 4.87. The lowest BCUT2D eigenvalue weighted by molar-refractivity contribution is 0.560. The summed E-state index contributed by atoms with van der Waals surface area (Å²) in [4.78, 5) is 4.08. The van der Waals surface area contributed by atoms with Gasteiger partial charge >= 0.3 is 0 Å². The molecule has 0 spiro atoms. The zero-order valence-electron chi connectivity index (χ0n) is 12.0. The minimum atomic E-state index is -0.571. The van der Waals surface area contributed by atoms with E-state index in [-0.39, 0.29) is 5.69 Å². The molecule has 1 aromatic heterocycles. The highest BCUT2D eigenvalue weighted by molar-refractivity contribution is 5.40. The lowest BCUT2D eigenvalue weighted by Crippen LogP contribution is -2.14. The fraction of sp³-hybridized carbons (Fsp3) is 0.400. The second kappa shape index (κ2) is 6.13. The van der Waals surface area contributed by atoms with Crippen molar-refractivity contribution in [3.8, 4) is 5.69 Å². The smallest absolute Gasteiger partial charge is 0.150 e. The molecular formula is C15H19F2N3. The molecule has 1 aromatic carbocycles. The van der Waals surface area contributed by atoms with Crippen LogP contribution >= 0.6 is 0 Å². The van der Waals surface area contributed by atoms with E-state index in [4.69, 9.17) is 0 Å². The molecule has 1 heterocycles. The number of nitrogens with zero attached hydrogens (tertiary/aromatic N) is 2. The van der Waals surface area contributed by atoms with E-state index in [1.165, 1.54) is 23.0 Å². The van der Waals surface area contributed by atoms with Gasteiger partial charge in [-0.15, -0.1) is 0 Å². The summed E-state index contributed by atoms with van der Waals surface area (Å²) in [5.74, 6) is -1.14. The molecule has 0 atom stereocenters. The van der Waals surface area contributed by atoms with E-state index in [0.717, 1.165) is 24.4 Å². The van der Waals surface area contributed by atoms with Crippen LogP contribution in [0.4, 0.5) is 8.78 Å². The summed E-state index contributed by atoms with van der Waals surface area (Å²) < 4.78 is 29.8. The van der Waals surface area contributed by atoms with Crippen molar-refractivity contribution >= 4 is 0 Å². The fourth-order valence-electron chi connectivity index (χ4n) is 2.08. The molecule has 0 unspecified atom stereocenters. The molecule has 5 heteroatoms. The molecule has 0 aliphatic rings. The third-order valence-electron chi connectivity index (χ3n) is 3.33. The van der Waals surface area contributed by atoms with E-state index in [1.807, 2.05) is 13.8 Å². The van der Waals surface area contributed by atoms with E-state index in [1.54, 1.807) is 6.92 Å². The zero-order valence-corrected chi connectivity index (χ0v) is 12.0. The molecule has 1 N–H and O–H groups in total. The summed E-state index contributed by atoms with van der Waals surface area (Å²) in [6, 6.07) is 2.74. The normalized spacial score (nSPS) is 11.1. The summed E-state index contributed by atoms with van der Waals surface area (Å²) in [6.45, 7) is 6.93. The first kappa shape index (κ1) is 14.7. The van der Waals surface area contributed by atoms with Crippen LogP contribution in [0.5, 0.6) is 0 Å². The molecule has 0 aliphatic carbocycles. The Hall–Kier alpha value is -1.75. The van der Waals surface area contributed by atoms with Gasteiger partial charge in [-0.05, 0) is 44.5 Å². The molecule has 0 radical (unpaired) electrons. The minimum Gasteiger partial charge on any atom is -0.313 e. The number of benzene rings is 1. The summed E-state index contributed by atoms with van der Waals surface area (Å²) >= 11 is 0. The third kappa shape index (κ3) is 2.88. The van der Waals surface area contributed by atoms with Crippen LogP contribution in [0.15, 0.2) is 18.5 Å². The van der Waals surface area contributed by atoms with Gasteiger partial charge in [0.05, 0.1) is 12.0 Å². The maximum atomic E-state index is 14.2. The van der Waals surface area contributed by atoms with Crippen molar-refractivity contribution in [1.82, 2.24) is 14.9 Å². The van der Waals surface area contributed by atoms with Gasteiger partial charge in [0.15, 0.2) is 11.6 Å². The number of aryl methyl sites for hydroxylation is 1. The molecule has 20 heavy (non-hydrogen) atoms. The van der Waals surface area contributed by atoms with Gasteiger partial charge in [0.25, 0.3) is 0 Å². The Bertz CT molecular complexity index is 582. The van der Waals surface area contributed by atoms with Gasteiger partial charge in [0, 0.05) is 12.2 Å². The number of imidazole rings is 1. The Kier molecular flexibility index (Phi) is 4.49. The minimum absolute atomic E-state index is 0.0673. The Balaban J connectivity index is 2.34. The Labute approximate surface area is 117 Å². The molecule has 108 valence electrons. The standard InChI is InChI=1S/C15H19F2N3/c1-4-5-18-8-12-6-13(16)15(14(17)7-12)20-9-19-10(2)11(20)3/h6-7,9,18H,4-5,8H2,1-3H3. The fourth-order valence-corrected chi connectivity index (χ4v) is 2.08. The highest BCUT2D eigenvalue weighted by atomic mass is 19.1. The van der Waals surface area contributed by atoms with Crippen LogP contribution in [-0.2, 0) is 6.54 Å². The second-order valence-corrected chi connectivity index (χ2v) is 4.87. The SMILES string of the molecule is CCCNCc1cc(F)c(-n2cnc(C)c2C)c(F)c1. The number of aromatic nitrogens is 2. The molecule has 0 saturated carbocycles. The van der Waals surface area contributed by atoms with Gasteiger partial charge in [0.1, 0.15) is 5.69 Å². The molecule has 0 saturated heterocycles. The Morgan fingerprint density at radius 3 is 2.35 bits per heavy atom. The van der Waals surface area contributed by atoms with E-state index in [0.29, 0.717) is 12.1 Å². The zero-order chi connectivity index (χ0) is 14.7. The highest BCUT2D eigenvalue weighted by Crippen LogP contribution is 2.22. The lowest BCUT2D eigenvalue weighted by Gasteiger charge is -2.11. The Morgan fingerprint density at radius 2 is 1.85 bits per heavy atom. The van der Waals surface area contributed by atoms with Crippen LogP contribution in [0.2, 0.25) is 0 Å². The van der Waals surface area contributed by atoms with E-state index in [2.05, 4.69) is 10.3 Å². The third-order valence-corrected chi connectivity index (χ3v) is 3.33. The van der Waals surface area contributed by atoms with Crippen molar-refractivity contribution in [1.29, 1.82) is 0 Å². The number of nitrogens with one attached hydrogen (secondary N) is 1. The number of rotatable bonds is 5. The van der Waals surface area contributed by atoms with Crippen molar-refractivity contribution in [2.75, 3.05) is 6.54 Å². The van der Waals surface area contributed by atoms with Crippen LogP contribution in [0, 0.1) is 25.5 Å². The molecule has 0 fully saturated rings. The molecule has 2 rings (SSSR count). The van der Waals surface area contributed by atoms with Gasteiger partial charge in [-0.25, -0.2) is 13.8 Å². The predicted octanol–water partition coefficient (Wildman–Crippen LogP) is 3.27. The quantitative estimate of drug-likeness (QED) is 0.851. The number of halogens is 2. The number of hydrogen-bond donors (Lipinski definition) is 1. The molecule has 3 nitrogen and oxygen atoms in total. The monoisotopic (exact) mass is 279 g/mol. The summed E-state index contributed by atoms with van der Waals surface area (Å²) in [6.07, 6.45) is 2.43. The van der Waals surface area contributed by atoms with E-state index < -0.39 is 11.6 Å². The summed E-state index contributed by atoms with van der Waals surface area (Å²) in [5.41, 5.74) is 2.03. The largest absolute Gasteiger partial charge is 0.313 e. The van der Waals surface area contributed by atoms with Crippen molar-refractivity contribution < 1.29 is 8.78 Å². The predicted molar refractivity (Wildman–Crippen MR) is 75.0 cm³/mol. The van der Waals surface area contributed by atoms with Gasteiger partial charge in [-0.2, -0.15) is 0 Å². The first-order valence-electron chi connectivity index (χ1n) is 6.74. The maximum absolute atomic E-state index is 14.2. The van der Waals surface area contributed by atoms with Crippen LogP contribution in [0.3, 0.4) is 0 Å². The summed E-state index contributed by atoms with van der Waals surface area (Å²) in [5, 5.41) is 3.13. The van der Waals surface area contributed by atoms with E-state index in [9.17, 15) is 8.78 Å². The van der Waals surface area contributed by atoms with Crippen molar-refractivity contribution in [2.24, 2.45) is 0 Å². The van der Waals surface area contributed by atoms with Crippen LogP contribution in [0.25, 0.3) is 5.69 Å². The van der Waals surface area contributed by atoms with Crippen molar-refractivity contribution in [3.63, 3.8) is 0 Å². The van der Waals surface area contributed by atoms with Crippen molar-refractivity contribution in [3.05, 3.63) is 47.0 Å². The topological polar surface area (TPSA) is 29.9 Å². The lowest BCUT2D eigenvalue weighted by atomic mass is 10.1. The molecule has 2 aromatic rings. The van der Waals surface area contributed by atoms with Gasteiger partial charge in [0.2, 0.25) is 0 Å². The van der Waals surface area contributed by atoms with Crippen molar-refractivity contribution in [2.45, 2.75) is 33.7 Å². The van der Waals surface area contributed by atoms with Gasteiger partial charge in [-0.3, -0.25) is 4.57 Å². The molecule has 0 bridgehead atoms. The Morgan fingerprint density at radius 1 is 1.20 bits per heavy atom. The summed E-state index contributed by atoms with van der Waals surface area (Å²) in [7, 11) is 0. The van der Waals surface area contributed by atoms with Crippen LogP contribution in [-0.4, -0.2) is 16.1 Å². The average Bonchev–Trinajstić information content (AvgIpc) is 2.71. The van der Waals surface area contributed by atoms with Gasteiger partial charge < -0.3 is 5.32 Å². The molecule has 0 aliphatic heterocycles. The molecule has 0 amide bonds. The highest BCUT2D eigenvalue weighted by Gasteiger charge is 2.15. The first-order chi connectivity index (χ1) is 9.54. The van der Waals surface area contributed by atoms with Gasteiger partial charge in [-0.1, -0.05) is 6.92 Å². The molecular weight excluding hydrogens is 260 g/mol. The maximum Gasteiger partial charge on any atom is 0.150 e. The van der Waals surface area contributed by atoms with Crippen LogP contribution in [0.1, 0.15) is 30.3 Å². The average molecular weight is 279 g/mol.